The van der Waals surface area contributed by atoms with Crippen LogP contribution in [0.4, 0.5) is 5.88 Å². The number of hydrogen-bond donors (Lipinski definition) is 0. The van der Waals surface area contributed by atoms with Crippen LogP contribution in [-0.2, 0) is 6.54 Å². The van der Waals surface area contributed by atoms with E-state index >= 15 is 0 Å². The van der Waals surface area contributed by atoms with Crippen molar-refractivity contribution in [2.24, 2.45) is 5.92 Å². The summed E-state index contributed by atoms with van der Waals surface area (Å²) in [6.07, 6.45) is 2.08. The molecule has 4 atom stereocenters. The molecule has 0 N–H and O–H groups in total. The van der Waals surface area contributed by atoms with Crippen molar-refractivity contribution in [3.8, 4) is 6.07 Å². The van der Waals surface area contributed by atoms with E-state index in [-0.39, 0.29) is 17.4 Å². The first-order valence-electron chi connectivity index (χ1n) is 10.6. The number of fused-ring (bicyclic) bond motifs is 4. The zero-order chi connectivity index (χ0) is 20.2. The number of rotatable bonds is 3. The van der Waals surface area contributed by atoms with E-state index in [0.717, 1.165) is 38.2 Å². The van der Waals surface area contributed by atoms with Crippen molar-refractivity contribution in [1.29, 1.82) is 5.26 Å². The molecular weight excluding hydrogens is 376 g/mol. The Morgan fingerprint density at radius 2 is 1.87 bits per heavy atom. The van der Waals surface area contributed by atoms with Crippen LogP contribution in [0.15, 0.2) is 57.7 Å². The zero-order valence-corrected chi connectivity index (χ0v) is 16.6. The largest absolute Gasteiger partial charge is 0.423 e. The van der Waals surface area contributed by atoms with Gasteiger partial charge in [-0.25, -0.2) is 4.98 Å². The predicted octanol–water partition coefficient (Wildman–Crippen LogP) is 3.60. The van der Waals surface area contributed by atoms with E-state index in [9.17, 15) is 10.1 Å². The number of pyridine rings is 1. The summed E-state index contributed by atoms with van der Waals surface area (Å²) in [7, 11) is 0. The third kappa shape index (κ3) is 2.77. The lowest BCUT2D eigenvalue weighted by atomic mass is 9.83. The van der Waals surface area contributed by atoms with E-state index in [1.807, 2.05) is 16.7 Å². The number of nitriles is 1. The first-order valence-corrected chi connectivity index (χ1v) is 10.6. The summed E-state index contributed by atoms with van der Waals surface area (Å²) < 4.78 is 8.14. The quantitative estimate of drug-likeness (QED) is 0.674. The molecule has 1 aliphatic carbocycles. The number of benzene rings is 1. The zero-order valence-electron chi connectivity index (χ0n) is 16.6. The van der Waals surface area contributed by atoms with Crippen LogP contribution < -0.4 is 10.5 Å². The first-order chi connectivity index (χ1) is 14.7. The molecule has 2 fully saturated rings. The maximum Gasteiger partial charge on any atom is 0.250 e. The molecule has 2 aliphatic heterocycles. The molecule has 6 heteroatoms. The molecule has 0 radical (unpaired) electrons. The lowest BCUT2D eigenvalue weighted by molar-refractivity contribution is 0.274. The molecular formula is C24H22N4O2. The number of nitrogens with zero attached hydrogens (tertiary/aromatic N) is 4. The van der Waals surface area contributed by atoms with E-state index in [1.165, 1.54) is 5.56 Å². The lowest BCUT2D eigenvalue weighted by Gasteiger charge is -2.42. The Morgan fingerprint density at radius 3 is 2.70 bits per heavy atom. The maximum atomic E-state index is 12.3. The van der Waals surface area contributed by atoms with Crippen LogP contribution in [0.3, 0.4) is 0 Å². The Bertz CT molecular complexity index is 1210. The summed E-state index contributed by atoms with van der Waals surface area (Å²) in [5.74, 6) is 2.59. The van der Waals surface area contributed by atoms with Gasteiger partial charge in [-0.2, -0.15) is 5.26 Å². The van der Waals surface area contributed by atoms with Crippen molar-refractivity contribution in [3.05, 3.63) is 81.7 Å². The SMILES string of the molecule is N#Cc1nc(C2CC2c2ccccc2)oc1N1CC2CC(C1)c1cccc(=O)n1C2. The van der Waals surface area contributed by atoms with Crippen LogP contribution in [0.2, 0.25) is 0 Å². The summed E-state index contributed by atoms with van der Waals surface area (Å²) in [6, 6.07) is 18.2. The molecule has 2 bridgehead atoms. The number of oxazole rings is 1. The standard InChI is InChI=1S/C24H22N4O2/c25-11-20-24(30-23(26-20)19-10-18(19)16-5-2-1-3-6-16)27-12-15-9-17(14-27)21-7-4-8-22(29)28(21)13-15/h1-8,15,17-19H,9-10,12-14H2. The fraction of sp³-hybridized carbons (Fsp3) is 0.375. The van der Waals surface area contributed by atoms with Crippen molar-refractivity contribution in [1.82, 2.24) is 9.55 Å². The smallest absolute Gasteiger partial charge is 0.250 e. The second-order valence-electron chi connectivity index (χ2n) is 8.78. The van der Waals surface area contributed by atoms with Gasteiger partial charge in [-0.1, -0.05) is 36.4 Å². The summed E-state index contributed by atoms with van der Waals surface area (Å²) in [6.45, 7) is 2.26. The third-order valence-corrected chi connectivity index (χ3v) is 6.83. The molecule has 6 rings (SSSR count). The average Bonchev–Trinajstić information content (AvgIpc) is 3.46. The Labute approximate surface area is 174 Å². The summed E-state index contributed by atoms with van der Waals surface area (Å²) in [5.41, 5.74) is 2.86. The van der Waals surface area contributed by atoms with Crippen LogP contribution >= 0.6 is 0 Å². The van der Waals surface area contributed by atoms with Crippen LogP contribution in [0.25, 0.3) is 0 Å². The Hall–Kier alpha value is -3.33. The Balaban J connectivity index is 1.28. The summed E-state index contributed by atoms with van der Waals surface area (Å²) in [4.78, 5) is 19.0. The highest BCUT2D eigenvalue weighted by atomic mass is 16.4. The number of hydrogen-bond acceptors (Lipinski definition) is 5. The van der Waals surface area contributed by atoms with Crippen LogP contribution in [-0.4, -0.2) is 22.6 Å². The molecule has 0 amide bonds. The molecule has 3 aliphatic rings. The van der Waals surface area contributed by atoms with Crippen LogP contribution in [0, 0.1) is 17.2 Å². The minimum absolute atomic E-state index is 0.0796. The van der Waals surface area contributed by atoms with Gasteiger partial charge in [0, 0.05) is 43.2 Å². The van der Waals surface area contributed by atoms with Gasteiger partial charge in [0.05, 0.1) is 0 Å². The predicted molar refractivity (Wildman–Crippen MR) is 112 cm³/mol. The normalized spacial score (nSPS) is 26.7. The molecule has 1 saturated heterocycles. The molecule has 2 aromatic heterocycles. The second kappa shape index (κ2) is 6.60. The maximum absolute atomic E-state index is 12.3. The van der Waals surface area contributed by atoms with E-state index in [1.54, 1.807) is 6.07 Å². The third-order valence-electron chi connectivity index (χ3n) is 6.83. The van der Waals surface area contributed by atoms with Gasteiger partial charge in [-0.3, -0.25) is 4.79 Å². The van der Waals surface area contributed by atoms with Gasteiger partial charge < -0.3 is 13.9 Å². The molecule has 30 heavy (non-hydrogen) atoms. The molecule has 6 nitrogen and oxygen atoms in total. The number of anilines is 1. The molecule has 4 heterocycles. The van der Waals surface area contributed by atoms with Gasteiger partial charge in [0.1, 0.15) is 6.07 Å². The lowest BCUT2D eigenvalue weighted by Crippen LogP contribution is -2.47. The van der Waals surface area contributed by atoms with Gasteiger partial charge in [0.2, 0.25) is 17.5 Å². The summed E-state index contributed by atoms with van der Waals surface area (Å²) in [5, 5.41) is 9.70. The molecule has 0 spiro atoms. The Kier molecular flexibility index (Phi) is 3.85. The van der Waals surface area contributed by atoms with Crippen molar-refractivity contribution in [2.75, 3.05) is 18.0 Å². The number of piperidine rings is 1. The molecule has 150 valence electrons. The van der Waals surface area contributed by atoms with Gasteiger partial charge in [-0.05, 0) is 36.3 Å². The molecule has 4 unspecified atom stereocenters. The van der Waals surface area contributed by atoms with Gasteiger partial charge in [0.25, 0.3) is 5.56 Å². The molecule has 1 saturated carbocycles. The molecule has 1 aromatic carbocycles. The van der Waals surface area contributed by atoms with Gasteiger partial charge in [0.15, 0.2) is 0 Å². The van der Waals surface area contributed by atoms with E-state index in [2.05, 4.69) is 46.3 Å². The monoisotopic (exact) mass is 398 g/mol. The highest BCUT2D eigenvalue weighted by molar-refractivity contribution is 5.50. The topological polar surface area (TPSA) is 75.1 Å². The summed E-state index contributed by atoms with van der Waals surface area (Å²) >= 11 is 0. The minimum Gasteiger partial charge on any atom is -0.423 e. The van der Waals surface area contributed by atoms with Crippen LogP contribution in [0.5, 0.6) is 0 Å². The molecule has 3 aromatic rings. The van der Waals surface area contributed by atoms with E-state index < -0.39 is 0 Å². The second-order valence-corrected chi connectivity index (χ2v) is 8.78. The van der Waals surface area contributed by atoms with E-state index in [4.69, 9.17) is 4.42 Å². The average molecular weight is 398 g/mol. The van der Waals surface area contributed by atoms with Crippen molar-refractivity contribution < 1.29 is 4.42 Å². The van der Waals surface area contributed by atoms with Crippen molar-refractivity contribution in [3.63, 3.8) is 0 Å². The minimum atomic E-state index is 0.0796. The van der Waals surface area contributed by atoms with E-state index in [0.29, 0.717) is 29.3 Å². The fourth-order valence-corrected chi connectivity index (χ4v) is 5.37. The van der Waals surface area contributed by atoms with Crippen LogP contribution in [0.1, 0.15) is 53.4 Å². The highest BCUT2D eigenvalue weighted by Crippen LogP contribution is 2.55. The van der Waals surface area contributed by atoms with Crippen molar-refractivity contribution in [2.45, 2.75) is 37.1 Å². The number of aromatic nitrogens is 2. The van der Waals surface area contributed by atoms with Gasteiger partial charge >= 0.3 is 0 Å². The first kappa shape index (κ1) is 17.5. The van der Waals surface area contributed by atoms with Gasteiger partial charge in [-0.15, -0.1) is 0 Å². The fourth-order valence-electron chi connectivity index (χ4n) is 5.37. The van der Waals surface area contributed by atoms with Crippen molar-refractivity contribution >= 4 is 5.88 Å². The Morgan fingerprint density at radius 1 is 1.00 bits per heavy atom. The highest BCUT2D eigenvalue weighted by Gasteiger charge is 2.44.